The van der Waals surface area contributed by atoms with Gasteiger partial charge in [-0.3, -0.25) is 4.79 Å². The molecule has 1 heterocycles. The molecule has 1 amide bonds. The topological polar surface area (TPSA) is 73.3 Å². The molecule has 0 aromatic carbocycles. The first kappa shape index (κ1) is 19.9. The highest BCUT2D eigenvalue weighted by Gasteiger charge is 2.30. The summed E-state index contributed by atoms with van der Waals surface area (Å²) in [6.45, 7) is 4.59. The van der Waals surface area contributed by atoms with Gasteiger partial charge in [-0.2, -0.15) is 0 Å². The standard InChI is InChI=1S/C21H33N3O3/c1-14(2)15-4-6-16(7-5-15)19(25)24-17-8-10-18(11-9-17)27-21-20(26-3)22-12-13-23-21/h12-18H,4-11H2,1-3H3,(H,24,25). The normalized spacial score (nSPS) is 28.6. The maximum absolute atomic E-state index is 12.6. The second kappa shape index (κ2) is 9.38. The van der Waals surface area contributed by atoms with Gasteiger partial charge >= 0.3 is 0 Å². The fourth-order valence-electron chi connectivity index (χ4n) is 4.38. The molecule has 1 aromatic rings. The number of hydrogen-bond donors (Lipinski definition) is 1. The molecule has 3 rings (SSSR count). The number of nitrogens with one attached hydrogen (secondary N) is 1. The van der Waals surface area contributed by atoms with Crippen molar-refractivity contribution in [2.45, 2.75) is 77.4 Å². The summed E-state index contributed by atoms with van der Waals surface area (Å²) in [5.74, 6) is 2.87. The van der Waals surface area contributed by atoms with Crippen molar-refractivity contribution in [1.29, 1.82) is 0 Å². The van der Waals surface area contributed by atoms with Crippen molar-refractivity contribution in [3.8, 4) is 11.8 Å². The molecule has 27 heavy (non-hydrogen) atoms. The Kier molecular flexibility index (Phi) is 6.91. The fraction of sp³-hybridized carbons (Fsp3) is 0.762. The molecule has 0 atom stereocenters. The first-order chi connectivity index (χ1) is 13.1. The van der Waals surface area contributed by atoms with Crippen molar-refractivity contribution in [2.75, 3.05) is 7.11 Å². The molecule has 0 saturated heterocycles. The van der Waals surface area contributed by atoms with E-state index in [4.69, 9.17) is 9.47 Å². The molecule has 150 valence electrons. The first-order valence-corrected chi connectivity index (χ1v) is 10.4. The molecule has 0 radical (unpaired) electrons. The van der Waals surface area contributed by atoms with E-state index in [9.17, 15) is 4.79 Å². The first-order valence-electron chi connectivity index (χ1n) is 10.4. The van der Waals surface area contributed by atoms with Crippen LogP contribution in [-0.4, -0.2) is 35.1 Å². The van der Waals surface area contributed by atoms with Gasteiger partial charge in [0.05, 0.1) is 7.11 Å². The number of rotatable bonds is 6. The fourth-order valence-corrected chi connectivity index (χ4v) is 4.38. The number of hydrogen-bond acceptors (Lipinski definition) is 5. The van der Waals surface area contributed by atoms with E-state index in [0.29, 0.717) is 11.8 Å². The molecule has 6 nitrogen and oxygen atoms in total. The van der Waals surface area contributed by atoms with E-state index in [1.165, 1.54) is 12.8 Å². The second-order valence-electron chi connectivity index (χ2n) is 8.33. The Morgan fingerprint density at radius 2 is 1.63 bits per heavy atom. The highest BCUT2D eigenvalue weighted by molar-refractivity contribution is 5.79. The number of carbonyl (C=O) groups excluding carboxylic acids is 1. The van der Waals surface area contributed by atoms with E-state index in [2.05, 4.69) is 29.1 Å². The minimum atomic E-state index is 0.102. The van der Waals surface area contributed by atoms with E-state index < -0.39 is 0 Å². The molecule has 2 saturated carbocycles. The minimum absolute atomic E-state index is 0.102. The highest BCUT2D eigenvalue weighted by atomic mass is 16.5. The van der Waals surface area contributed by atoms with Crippen LogP contribution in [0.25, 0.3) is 0 Å². The third kappa shape index (κ3) is 5.33. The molecule has 0 unspecified atom stereocenters. The van der Waals surface area contributed by atoms with Crippen LogP contribution in [0.2, 0.25) is 0 Å². The summed E-state index contributed by atoms with van der Waals surface area (Å²) < 4.78 is 11.2. The monoisotopic (exact) mass is 375 g/mol. The van der Waals surface area contributed by atoms with Gasteiger partial charge < -0.3 is 14.8 Å². The lowest BCUT2D eigenvalue weighted by Crippen LogP contribution is -2.43. The lowest BCUT2D eigenvalue weighted by atomic mass is 9.76. The van der Waals surface area contributed by atoms with E-state index in [1.807, 2.05) is 0 Å². The third-order valence-electron chi connectivity index (χ3n) is 6.21. The molecule has 0 aliphatic heterocycles. The predicted octanol–water partition coefficient (Wildman–Crippen LogP) is 3.75. The van der Waals surface area contributed by atoms with E-state index in [-0.39, 0.29) is 24.0 Å². The van der Waals surface area contributed by atoms with Gasteiger partial charge in [-0.1, -0.05) is 13.8 Å². The van der Waals surface area contributed by atoms with Crippen LogP contribution in [0.4, 0.5) is 0 Å². The minimum Gasteiger partial charge on any atom is -0.477 e. The number of aromatic nitrogens is 2. The van der Waals surface area contributed by atoms with Crippen molar-refractivity contribution in [2.24, 2.45) is 17.8 Å². The van der Waals surface area contributed by atoms with E-state index in [1.54, 1.807) is 19.5 Å². The van der Waals surface area contributed by atoms with Gasteiger partial charge in [0.15, 0.2) is 0 Å². The maximum Gasteiger partial charge on any atom is 0.278 e. The lowest BCUT2D eigenvalue weighted by molar-refractivity contribution is -0.127. The Balaban J connectivity index is 1.41. The van der Waals surface area contributed by atoms with Gasteiger partial charge in [0, 0.05) is 24.4 Å². The van der Waals surface area contributed by atoms with Gasteiger partial charge in [0.25, 0.3) is 11.8 Å². The van der Waals surface area contributed by atoms with Gasteiger partial charge in [0.1, 0.15) is 6.10 Å². The second-order valence-corrected chi connectivity index (χ2v) is 8.33. The number of nitrogens with zero attached hydrogens (tertiary/aromatic N) is 2. The average Bonchev–Trinajstić information content (AvgIpc) is 2.70. The molecular weight excluding hydrogens is 342 g/mol. The lowest BCUT2D eigenvalue weighted by Gasteiger charge is -2.33. The van der Waals surface area contributed by atoms with Crippen LogP contribution in [0.5, 0.6) is 11.8 Å². The van der Waals surface area contributed by atoms with Crippen LogP contribution >= 0.6 is 0 Å². The van der Waals surface area contributed by atoms with Crippen LogP contribution < -0.4 is 14.8 Å². The summed E-state index contributed by atoms with van der Waals surface area (Å²) in [5, 5.41) is 3.29. The summed E-state index contributed by atoms with van der Waals surface area (Å²) in [6, 6.07) is 0.268. The number of carbonyl (C=O) groups is 1. The van der Waals surface area contributed by atoms with Crippen molar-refractivity contribution < 1.29 is 14.3 Å². The van der Waals surface area contributed by atoms with Crippen molar-refractivity contribution in [3.05, 3.63) is 12.4 Å². The average molecular weight is 376 g/mol. The van der Waals surface area contributed by atoms with Gasteiger partial charge in [-0.05, 0) is 63.2 Å². The predicted molar refractivity (Wildman–Crippen MR) is 104 cm³/mol. The summed E-state index contributed by atoms with van der Waals surface area (Å²) in [6.07, 6.45) is 11.5. The van der Waals surface area contributed by atoms with Crippen LogP contribution in [0.3, 0.4) is 0 Å². The van der Waals surface area contributed by atoms with Crippen molar-refractivity contribution in [1.82, 2.24) is 15.3 Å². The Morgan fingerprint density at radius 3 is 2.22 bits per heavy atom. The molecule has 2 aliphatic rings. The Morgan fingerprint density at radius 1 is 1.00 bits per heavy atom. The summed E-state index contributed by atoms with van der Waals surface area (Å²) in [7, 11) is 1.57. The quantitative estimate of drug-likeness (QED) is 0.820. The van der Waals surface area contributed by atoms with Crippen molar-refractivity contribution >= 4 is 5.91 Å². The molecule has 0 bridgehead atoms. The number of methoxy groups -OCH3 is 1. The Labute approximate surface area is 162 Å². The van der Waals surface area contributed by atoms with E-state index >= 15 is 0 Å². The van der Waals surface area contributed by atoms with Crippen LogP contribution in [-0.2, 0) is 4.79 Å². The Bertz CT molecular complexity index is 606. The molecule has 6 heteroatoms. The van der Waals surface area contributed by atoms with Crippen molar-refractivity contribution in [3.63, 3.8) is 0 Å². The molecule has 1 aromatic heterocycles. The SMILES string of the molecule is COc1nccnc1OC1CCC(NC(=O)C2CCC(C(C)C)CC2)CC1. The van der Waals surface area contributed by atoms with Gasteiger partial charge in [0.2, 0.25) is 5.91 Å². The highest BCUT2D eigenvalue weighted by Crippen LogP contribution is 2.34. The molecule has 0 spiro atoms. The van der Waals surface area contributed by atoms with Crippen LogP contribution in [0.1, 0.15) is 65.2 Å². The maximum atomic E-state index is 12.6. The summed E-state index contributed by atoms with van der Waals surface area (Å²) in [5.41, 5.74) is 0. The number of ether oxygens (including phenoxy) is 2. The van der Waals surface area contributed by atoms with E-state index in [0.717, 1.165) is 50.4 Å². The summed E-state index contributed by atoms with van der Waals surface area (Å²) >= 11 is 0. The number of amides is 1. The summed E-state index contributed by atoms with van der Waals surface area (Å²) in [4.78, 5) is 21.0. The molecular formula is C21H33N3O3. The Hall–Kier alpha value is -1.85. The smallest absolute Gasteiger partial charge is 0.278 e. The van der Waals surface area contributed by atoms with Gasteiger partial charge in [-0.25, -0.2) is 9.97 Å². The zero-order valence-corrected chi connectivity index (χ0v) is 16.8. The van der Waals surface area contributed by atoms with Crippen LogP contribution in [0, 0.1) is 17.8 Å². The molecule has 2 fully saturated rings. The van der Waals surface area contributed by atoms with Crippen LogP contribution in [0.15, 0.2) is 12.4 Å². The third-order valence-corrected chi connectivity index (χ3v) is 6.21. The molecule has 1 N–H and O–H groups in total. The zero-order valence-electron chi connectivity index (χ0n) is 16.8. The molecule has 2 aliphatic carbocycles. The largest absolute Gasteiger partial charge is 0.477 e. The zero-order chi connectivity index (χ0) is 19.2. The van der Waals surface area contributed by atoms with Gasteiger partial charge in [-0.15, -0.1) is 0 Å².